The van der Waals surface area contributed by atoms with Gasteiger partial charge in [-0.3, -0.25) is 0 Å². The lowest BCUT2D eigenvalue weighted by atomic mass is 10.3. The van der Waals surface area contributed by atoms with Crippen LogP contribution in [0.3, 0.4) is 0 Å². The monoisotopic (exact) mass is 269 g/mol. The summed E-state index contributed by atoms with van der Waals surface area (Å²) in [6.45, 7) is 0.575. The van der Waals surface area contributed by atoms with E-state index in [1.54, 1.807) is 4.68 Å². The highest BCUT2D eigenvalue weighted by Gasteiger charge is 2.10. The average Bonchev–Trinajstić information content (AvgIpc) is 2.90. The Hall–Kier alpha value is -2.40. The minimum Gasteiger partial charge on any atom is -0.491 e. The van der Waals surface area contributed by atoms with E-state index in [9.17, 15) is 5.11 Å². The molecule has 0 bridgehead atoms. The Morgan fingerprint density at radius 1 is 1.05 bits per heavy atom. The number of aliphatic hydroxyl groups is 1. The number of hydrogen-bond acceptors (Lipinski definition) is 4. The van der Waals surface area contributed by atoms with Gasteiger partial charge in [0.2, 0.25) is 0 Å². The second kappa shape index (κ2) is 5.71. The molecule has 0 fully saturated rings. The molecule has 5 nitrogen and oxygen atoms in total. The molecule has 5 heteroatoms. The van der Waals surface area contributed by atoms with Crippen LogP contribution in [0.2, 0.25) is 0 Å². The fourth-order valence-corrected chi connectivity index (χ4v) is 2.01. The maximum atomic E-state index is 10.0. The summed E-state index contributed by atoms with van der Waals surface area (Å²) in [7, 11) is 0. The maximum Gasteiger partial charge on any atom is 0.119 e. The number of aliphatic hydroxyl groups excluding tert-OH is 1. The number of fused-ring (bicyclic) bond motifs is 1. The van der Waals surface area contributed by atoms with E-state index in [0.717, 1.165) is 16.8 Å². The van der Waals surface area contributed by atoms with Gasteiger partial charge in [0.1, 0.15) is 24.0 Å². The summed E-state index contributed by atoms with van der Waals surface area (Å²) >= 11 is 0. The number of benzene rings is 2. The van der Waals surface area contributed by atoms with E-state index >= 15 is 0 Å². The summed E-state index contributed by atoms with van der Waals surface area (Å²) in [5.74, 6) is 0.745. The summed E-state index contributed by atoms with van der Waals surface area (Å²) in [6, 6.07) is 17.1. The zero-order valence-corrected chi connectivity index (χ0v) is 10.9. The van der Waals surface area contributed by atoms with Crippen LogP contribution in [0.1, 0.15) is 0 Å². The van der Waals surface area contributed by atoms with Crippen molar-refractivity contribution in [2.75, 3.05) is 6.61 Å². The Labute approximate surface area is 116 Å². The van der Waals surface area contributed by atoms with E-state index in [1.165, 1.54) is 0 Å². The summed E-state index contributed by atoms with van der Waals surface area (Å²) < 4.78 is 7.21. The molecule has 1 N–H and O–H groups in total. The van der Waals surface area contributed by atoms with Crippen molar-refractivity contribution >= 4 is 11.0 Å². The third-order valence-electron chi connectivity index (χ3n) is 2.99. The molecule has 0 saturated heterocycles. The van der Waals surface area contributed by atoms with Crippen LogP contribution in [0.4, 0.5) is 0 Å². The molecular weight excluding hydrogens is 254 g/mol. The molecule has 3 rings (SSSR count). The topological polar surface area (TPSA) is 60.2 Å². The van der Waals surface area contributed by atoms with Crippen molar-refractivity contribution in [1.29, 1.82) is 0 Å². The zero-order valence-electron chi connectivity index (χ0n) is 10.9. The first kappa shape index (κ1) is 12.6. The molecule has 1 unspecified atom stereocenters. The first-order valence-corrected chi connectivity index (χ1v) is 6.47. The molecular formula is C15H15N3O2. The second-order valence-corrected chi connectivity index (χ2v) is 4.54. The molecule has 0 aliphatic carbocycles. The van der Waals surface area contributed by atoms with E-state index in [0.29, 0.717) is 6.54 Å². The molecule has 2 aromatic carbocycles. The van der Waals surface area contributed by atoms with Gasteiger partial charge >= 0.3 is 0 Å². The van der Waals surface area contributed by atoms with E-state index in [-0.39, 0.29) is 6.61 Å². The van der Waals surface area contributed by atoms with Crippen molar-refractivity contribution in [3.63, 3.8) is 0 Å². The highest BCUT2D eigenvalue weighted by atomic mass is 16.5. The number of nitrogens with zero attached hydrogens (tertiary/aromatic N) is 3. The van der Waals surface area contributed by atoms with Crippen LogP contribution in [0.15, 0.2) is 54.6 Å². The van der Waals surface area contributed by atoms with Crippen LogP contribution in [-0.2, 0) is 6.54 Å². The van der Waals surface area contributed by atoms with Crippen molar-refractivity contribution in [3.8, 4) is 5.75 Å². The molecule has 0 radical (unpaired) electrons. The Kier molecular flexibility index (Phi) is 3.60. The van der Waals surface area contributed by atoms with Crippen LogP contribution in [-0.4, -0.2) is 32.8 Å². The minimum absolute atomic E-state index is 0.220. The summed E-state index contributed by atoms with van der Waals surface area (Å²) in [6.07, 6.45) is -0.639. The van der Waals surface area contributed by atoms with Crippen molar-refractivity contribution < 1.29 is 9.84 Å². The first-order chi connectivity index (χ1) is 9.83. The zero-order chi connectivity index (χ0) is 13.8. The second-order valence-electron chi connectivity index (χ2n) is 4.54. The molecule has 1 aromatic heterocycles. The van der Waals surface area contributed by atoms with Gasteiger partial charge in [0.05, 0.1) is 12.1 Å². The van der Waals surface area contributed by atoms with Gasteiger partial charge in [-0.25, -0.2) is 4.68 Å². The molecule has 0 aliphatic heterocycles. The van der Waals surface area contributed by atoms with Gasteiger partial charge in [0.15, 0.2) is 0 Å². The Balaban J connectivity index is 1.63. The van der Waals surface area contributed by atoms with Crippen molar-refractivity contribution in [2.24, 2.45) is 0 Å². The van der Waals surface area contributed by atoms with Gasteiger partial charge in [-0.1, -0.05) is 35.5 Å². The van der Waals surface area contributed by atoms with E-state index < -0.39 is 6.10 Å². The van der Waals surface area contributed by atoms with Crippen LogP contribution >= 0.6 is 0 Å². The minimum atomic E-state index is -0.639. The third kappa shape index (κ3) is 2.78. The standard InChI is InChI=1S/C15H15N3O2/c19-12(11-20-13-6-2-1-3-7-13)10-18-15-9-5-4-8-14(15)16-17-18/h1-9,12,19H,10-11H2. The van der Waals surface area contributed by atoms with Crippen molar-refractivity contribution in [2.45, 2.75) is 12.6 Å². The van der Waals surface area contributed by atoms with Crippen LogP contribution in [0.5, 0.6) is 5.75 Å². The lowest BCUT2D eigenvalue weighted by Crippen LogP contribution is -2.24. The summed E-state index contributed by atoms with van der Waals surface area (Å²) in [5, 5.41) is 18.1. The largest absolute Gasteiger partial charge is 0.491 e. The normalized spacial score (nSPS) is 12.4. The predicted molar refractivity (Wildman–Crippen MR) is 75.5 cm³/mol. The first-order valence-electron chi connectivity index (χ1n) is 6.47. The molecule has 0 amide bonds. The number of ether oxygens (including phenoxy) is 1. The van der Waals surface area contributed by atoms with E-state index in [1.807, 2.05) is 54.6 Å². The summed E-state index contributed by atoms with van der Waals surface area (Å²) in [4.78, 5) is 0. The fraction of sp³-hybridized carbons (Fsp3) is 0.200. The van der Waals surface area contributed by atoms with Gasteiger partial charge in [0, 0.05) is 0 Å². The van der Waals surface area contributed by atoms with Crippen LogP contribution in [0, 0.1) is 0 Å². The van der Waals surface area contributed by atoms with Gasteiger partial charge < -0.3 is 9.84 Å². The highest BCUT2D eigenvalue weighted by Crippen LogP contribution is 2.11. The lowest BCUT2D eigenvalue weighted by molar-refractivity contribution is 0.0899. The number of aromatic nitrogens is 3. The molecule has 1 atom stereocenters. The van der Waals surface area contributed by atoms with Crippen LogP contribution in [0.25, 0.3) is 11.0 Å². The van der Waals surface area contributed by atoms with Gasteiger partial charge in [-0.05, 0) is 24.3 Å². The van der Waals surface area contributed by atoms with E-state index in [4.69, 9.17) is 4.74 Å². The highest BCUT2D eigenvalue weighted by molar-refractivity contribution is 5.73. The summed E-state index contributed by atoms with van der Waals surface area (Å²) in [5.41, 5.74) is 1.73. The van der Waals surface area contributed by atoms with Crippen molar-refractivity contribution in [3.05, 3.63) is 54.6 Å². The maximum absolute atomic E-state index is 10.0. The Bertz CT molecular complexity index is 682. The molecule has 3 aromatic rings. The molecule has 0 spiro atoms. The van der Waals surface area contributed by atoms with Crippen LogP contribution < -0.4 is 4.74 Å². The molecule has 102 valence electrons. The molecule has 0 saturated carbocycles. The quantitative estimate of drug-likeness (QED) is 0.768. The van der Waals surface area contributed by atoms with Gasteiger partial charge in [-0.2, -0.15) is 0 Å². The predicted octanol–water partition coefficient (Wildman–Crippen LogP) is 1.87. The number of rotatable bonds is 5. The SMILES string of the molecule is OC(COc1ccccc1)Cn1nnc2ccccc21. The Morgan fingerprint density at radius 2 is 1.80 bits per heavy atom. The van der Waals surface area contributed by atoms with Crippen molar-refractivity contribution in [1.82, 2.24) is 15.0 Å². The smallest absolute Gasteiger partial charge is 0.119 e. The number of hydrogen-bond donors (Lipinski definition) is 1. The molecule has 20 heavy (non-hydrogen) atoms. The lowest BCUT2D eigenvalue weighted by Gasteiger charge is -2.12. The molecule has 1 heterocycles. The van der Waals surface area contributed by atoms with E-state index in [2.05, 4.69) is 10.3 Å². The number of para-hydroxylation sites is 2. The van der Waals surface area contributed by atoms with Gasteiger partial charge in [0.25, 0.3) is 0 Å². The average molecular weight is 269 g/mol. The third-order valence-corrected chi connectivity index (χ3v) is 2.99. The van der Waals surface area contributed by atoms with Gasteiger partial charge in [-0.15, -0.1) is 5.10 Å². The fourth-order valence-electron chi connectivity index (χ4n) is 2.01. The molecule has 0 aliphatic rings. The Morgan fingerprint density at radius 3 is 2.65 bits per heavy atom.